The summed E-state index contributed by atoms with van der Waals surface area (Å²) in [7, 11) is -3.78. The molecule has 2 N–H and O–H groups in total. The second kappa shape index (κ2) is 6.56. The van der Waals surface area contributed by atoms with Gasteiger partial charge in [0.2, 0.25) is 11.0 Å². The second-order valence-corrected chi connectivity index (χ2v) is 7.56. The summed E-state index contributed by atoms with van der Waals surface area (Å²) < 4.78 is 36.8. The molecule has 1 aromatic carbocycles. The highest BCUT2D eigenvalue weighted by Crippen LogP contribution is 2.21. The molecule has 26 heavy (non-hydrogen) atoms. The van der Waals surface area contributed by atoms with Gasteiger partial charge in [-0.15, -0.1) is 0 Å². The fourth-order valence-electron chi connectivity index (χ4n) is 2.68. The van der Waals surface area contributed by atoms with Crippen molar-refractivity contribution in [3.8, 4) is 0 Å². The number of furan rings is 1. The standard InChI is InChI=1S/C16H16N4O5S/c21-15(19-16-17-11-3-1-2-4-12(11)18-16)13-5-6-14(25-13)26(22,23)20-7-9-24-10-8-20/h1-6H,7-10H2,(H2,17,18,19,21). The fraction of sp³-hybridized carbons (Fsp3) is 0.250. The molecule has 9 nitrogen and oxygen atoms in total. The first-order valence-electron chi connectivity index (χ1n) is 7.98. The number of morpholine rings is 1. The van der Waals surface area contributed by atoms with E-state index in [9.17, 15) is 13.2 Å². The van der Waals surface area contributed by atoms with Gasteiger partial charge < -0.3 is 14.1 Å². The molecule has 2 aromatic heterocycles. The lowest BCUT2D eigenvalue weighted by Crippen LogP contribution is -2.40. The van der Waals surface area contributed by atoms with Crippen LogP contribution < -0.4 is 5.32 Å². The number of ether oxygens (including phenoxy) is 1. The highest BCUT2D eigenvalue weighted by atomic mass is 32.2. The molecule has 0 radical (unpaired) electrons. The van der Waals surface area contributed by atoms with Gasteiger partial charge in [-0.25, -0.2) is 13.4 Å². The number of H-pyrrole nitrogens is 1. The zero-order valence-electron chi connectivity index (χ0n) is 13.6. The molecule has 10 heteroatoms. The average molecular weight is 376 g/mol. The van der Waals surface area contributed by atoms with Crippen LogP contribution in [-0.4, -0.2) is 54.9 Å². The largest absolute Gasteiger partial charge is 0.438 e. The van der Waals surface area contributed by atoms with E-state index in [1.54, 1.807) is 6.07 Å². The summed E-state index contributed by atoms with van der Waals surface area (Å²) >= 11 is 0. The van der Waals surface area contributed by atoms with Gasteiger partial charge in [0, 0.05) is 13.1 Å². The number of nitrogens with zero attached hydrogens (tertiary/aromatic N) is 2. The first-order chi connectivity index (χ1) is 12.5. The van der Waals surface area contributed by atoms with Crippen LogP contribution in [0.25, 0.3) is 11.0 Å². The molecule has 136 valence electrons. The topological polar surface area (TPSA) is 118 Å². The molecule has 1 amide bonds. The number of benzene rings is 1. The van der Waals surface area contributed by atoms with Crippen molar-refractivity contribution in [2.24, 2.45) is 0 Å². The van der Waals surface area contributed by atoms with Crippen LogP contribution in [-0.2, 0) is 14.8 Å². The number of anilines is 1. The van der Waals surface area contributed by atoms with E-state index < -0.39 is 15.9 Å². The van der Waals surface area contributed by atoms with E-state index in [1.165, 1.54) is 16.4 Å². The molecule has 0 unspecified atom stereocenters. The Bertz CT molecular complexity index is 1020. The normalized spacial score (nSPS) is 16.0. The van der Waals surface area contributed by atoms with E-state index in [1.807, 2.05) is 18.2 Å². The highest BCUT2D eigenvalue weighted by molar-refractivity contribution is 7.89. The minimum Gasteiger partial charge on any atom is -0.438 e. The number of carbonyl (C=O) groups excluding carboxylic acids is 1. The fourth-order valence-corrected chi connectivity index (χ4v) is 4.00. The molecular weight excluding hydrogens is 360 g/mol. The molecule has 1 aliphatic rings. The lowest BCUT2D eigenvalue weighted by atomic mass is 10.3. The van der Waals surface area contributed by atoms with Crippen LogP contribution in [0.4, 0.5) is 5.95 Å². The number of aromatic amines is 1. The number of nitrogens with one attached hydrogen (secondary N) is 2. The average Bonchev–Trinajstić information content (AvgIpc) is 3.29. The van der Waals surface area contributed by atoms with Crippen molar-refractivity contribution < 1.29 is 22.4 Å². The molecule has 0 aliphatic carbocycles. The Morgan fingerprint density at radius 3 is 2.69 bits per heavy atom. The lowest BCUT2D eigenvalue weighted by Gasteiger charge is -2.24. The van der Waals surface area contributed by atoms with Gasteiger partial charge in [0.25, 0.3) is 15.9 Å². The van der Waals surface area contributed by atoms with Crippen LogP contribution in [0.2, 0.25) is 0 Å². The number of imidazole rings is 1. The van der Waals surface area contributed by atoms with Gasteiger partial charge in [0.1, 0.15) is 0 Å². The molecule has 0 bridgehead atoms. The monoisotopic (exact) mass is 376 g/mol. The van der Waals surface area contributed by atoms with Crippen molar-refractivity contribution in [2.75, 3.05) is 31.6 Å². The first kappa shape index (κ1) is 16.8. The van der Waals surface area contributed by atoms with Gasteiger partial charge >= 0.3 is 0 Å². The SMILES string of the molecule is O=C(Nc1nc2ccccc2[nH]1)c1ccc(S(=O)(=O)N2CCOCC2)o1. The molecule has 1 aliphatic heterocycles. The number of fused-ring (bicyclic) bond motifs is 1. The maximum Gasteiger partial charge on any atom is 0.293 e. The first-order valence-corrected chi connectivity index (χ1v) is 9.42. The van der Waals surface area contributed by atoms with Gasteiger partial charge in [0.05, 0.1) is 24.2 Å². The van der Waals surface area contributed by atoms with E-state index >= 15 is 0 Å². The summed E-state index contributed by atoms with van der Waals surface area (Å²) in [5, 5.41) is 2.29. The van der Waals surface area contributed by atoms with Crippen LogP contribution in [0.5, 0.6) is 0 Å². The van der Waals surface area contributed by atoms with Gasteiger partial charge in [-0.05, 0) is 24.3 Å². The Morgan fingerprint density at radius 1 is 1.15 bits per heavy atom. The predicted molar refractivity (Wildman–Crippen MR) is 92.3 cm³/mol. The molecule has 1 fully saturated rings. The number of sulfonamides is 1. The Hall–Kier alpha value is -2.69. The van der Waals surface area contributed by atoms with Crippen LogP contribution in [0, 0.1) is 0 Å². The Balaban J connectivity index is 1.52. The number of hydrogen-bond acceptors (Lipinski definition) is 6. The third-order valence-corrected chi connectivity index (χ3v) is 5.76. The number of carbonyl (C=O) groups is 1. The summed E-state index contributed by atoms with van der Waals surface area (Å²) in [6, 6.07) is 9.93. The maximum absolute atomic E-state index is 12.5. The number of aromatic nitrogens is 2. The molecule has 3 aromatic rings. The van der Waals surface area contributed by atoms with Gasteiger partial charge in [-0.1, -0.05) is 12.1 Å². The third-order valence-electron chi connectivity index (χ3n) is 3.99. The van der Waals surface area contributed by atoms with Crippen LogP contribution >= 0.6 is 0 Å². The van der Waals surface area contributed by atoms with E-state index in [0.717, 1.165) is 5.52 Å². The minimum absolute atomic E-state index is 0.114. The minimum atomic E-state index is -3.78. The summed E-state index contributed by atoms with van der Waals surface area (Å²) in [6.45, 7) is 1.17. The smallest absolute Gasteiger partial charge is 0.293 e. The van der Waals surface area contributed by atoms with Crippen molar-refractivity contribution in [3.63, 3.8) is 0 Å². The lowest BCUT2D eigenvalue weighted by molar-refractivity contribution is 0.0723. The predicted octanol–water partition coefficient (Wildman–Crippen LogP) is 1.43. The van der Waals surface area contributed by atoms with Crippen molar-refractivity contribution in [1.29, 1.82) is 0 Å². The van der Waals surface area contributed by atoms with Gasteiger partial charge in [-0.3, -0.25) is 10.1 Å². The van der Waals surface area contributed by atoms with Crippen LogP contribution in [0.3, 0.4) is 0 Å². The molecule has 0 spiro atoms. The number of hydrogen-bond donors (Lipinski definition) is 2. The summed E-state index contributed by atoms with van der Waals surface area (Å²) in [4.78, 5) is 19.5. The van der Waals surface area contributed by atoms with E-state index in [2.05, 4.69) is 15.3 Å². The van der Waals surface area contributed by atoms with E-state index in [-0.39, 0.29) is 29.9 Å². The second-order valence-electron chi connectivity index (χ2n) is 5.69. The zero-order valence-corrected chi connectivity index (χ0v) is 14.5. The molecule has 4 rings (SSSR count). The van der Waals surface area contributed by atoms with E-state index in [0.29, 0.717) is 18.7 Å². The molecular formula is C16H16N4O5S. The van der Waals surface area contributed by atoms with Crippen molar-refractivity contribution in [1.82, 2.24) is 14.3 Å². The van der Waals surface area contributed by atoms with E-state index in [4.69, 9.17) is 9.15 Å². The van der Waals surface area contributed by atoms with Crippen LogP contribution in [0.15, 0.2) is 45.9 Å². The molecule has 0 saturated carbocycles. The number of rotatable bonds is 4. The summed E-state index contributed by atoms with van der Waals surface area (Å²) in [6.07, 6.45) is 0. The van der Waals surface area contributed by atoms with Crippen molar-refractivity contribution in [2.45, 2.75) is 5.09 Å². The van der Waals surface area contributed by atoms with Crippen molar-refractivity contribution >= 4 is 32.9 Å². The highest BCUT2D eigenvalue weighted by Gasteiger charge is 2.30. The van der Waals surface area contributed by atoms with Crippen LogP contribution in [0.1, 0.15) is 10.6 Å². The Labute approximate surface area is 149 Å². The maximum atomic E-state index is 12.5. The van der Waals surface area contributed by atoms with Crippen molar-refractivity contribution in [3.05, 3.63) is 42.2 Å². The molecule has 3 heterocycles. The summed E-state index contributed by atoms with van der Waals surface area (Å²) in [5.41, 5.74) is 1.48. The van der Waals surface area contributed by atoms with Gasteiger partial charge in [-0.2, -0.15) is 4.31 Å². The summed E-state index contributed by atoms with van der Waals surface area (Å²) in [5.74, 6) is -0.449. The zero-order chi connectivity index (χ0) is 18.1. The molecule has 0 atom stereocenters. The number of amides is 1. The number of para-hydroxylation sites is 2. The van der Waals surface area contributed by atoms with Gasteiger partial charge in [0.15, 0.2) is 5.76 Å². The Morgan fingerprint density at radius 2 is 1.92 bits per heavy atom. The Kier molecular flexibility index (Phi) is 4.23. The quantitative estimate of drug-likeness (QED) is 0.711. The molecule has 1 saturated heterocycles. The third kappa shape index (κ3) is 3.09.